The van der Waals surface area contributed by atoms with Gasteiger partial charge in [0, 0.05) is 16.7 Å². The van der Waals surface area contributed by atoms with E-state index in [-0.39, 0.29) is 6.61 Å². The highest BCUT2D eigenvalue weighted by Gasteiger charge is 2.00. The van der Waals surface area contributed by atoms with E-state index in [0.29, 0.717) is 6.54 Å². The van der Waals surface area contributed by atoms with Gasteiger partial charge in [-0.3, -0.25) is 0 Å². The normalized spacial score (nSPS) is 10.7. The number of halogens is 3. The van der Waals surface area contributed by atoms with Crippen molar-refractivity contribution >= 4 is 21.6 Å². The smallest absolute Gasteiger partial charge is 0.261 e. The Kier molecular flexibility index (Phi) is 5.57. The summed E-state index contributed by atoms with van der Waals surface area (Å²) in [4.78, 5) is 0. The van der Waals surface area contributed by atoms with Gasteiger partial charge in [-0.15, -0.1) is 0 Å². The topological polar surface area (TPSA) is 21.3 Å². The summed E-state index contributed by atoms with van der Waals surface area (Å²) in [6, 6.07) is 7.62. The highest BCUT2D eigenvalue weighted by atomic mass is 79.9. The zero-order valence-corrected chi connectivity index (χ0v) is 9.64. The first kappa shape index (κ1) is 12.4. The molecule has 0 aliphatic heterocycles. The van der Waals surface area contributed by atoms with E-state index >= 15 is 0 Å². The first-order chi connectivity index (χ1) is 7.18. The molecule has 0 unspecified atom stereocenters. The number of benzene rings is 1. The van der Waals surface area contributed by atoms with Crippen molar-refractivity contribution in [1.82, 2.24) is 0 Å². The summed E-state index contributed by atoms with van der Waals surface area (Å²) in [5.74, 6) is 0. The van der Waals surface area contributed by atoms with Gasteiger partial charge in [-0.05, 0) is 18.2 Å². The van der Waals surface area contributed by atoms with Gasteiger partial charge in [0.1, 0.15) is 6.61 Å². The van der Waals surface area contributed by atoms with Crippen molar-refractivity contribution in [3.63, 3.8) is 0 Å². The van der Waals surface area contributed by atoms with Gasteiger partial charge in [0.2, 0.25) is 0 Å². The lowest BCUT2D eigenvalue weighted by Crippen LogP contribution is -2.12. The lowest BCUT2D eigenvalue weighted by Gasteiger charge is -2.07. The first-order valence-electron chi connectivity index (χ1n) is 4.54. The molecule has 2 nitrogen and oxygen atoms in total. The SMILES string of the molecule is FC(F)COCCNc1cccc(Br)c1. The van der Waals surface area contributed by atoms with Crippen LogP contribution in [0.15, 0.2) is 28.7 Å². The van der Waals surface area contributed by atoms with Gasteiger partial charge in [-0.1, -0.05) is 22.0 Å². The van der Waals surface area contributed by atoms with E-state index in [0.717, 1.165) is 10.2 Å². The van der Waals surface area contributed by atoms with Crippen LogP contribution in [-0.4, -0.2) is 26.2 Å². The number of alkyl halides is 2. The third-order valence-electron chi connectivity index (χ3n) is 1.64. The number of hydrogen-bond acceptors (Lipinski definition) is 2. The minimum atomic E-state index is -2.39. The molecule has 1 aromatic carbocycles. The van der Waals surface area contributed by atoms with Gasteiger partial charge >= 0.3 is 0 Å². The van der Waals surface area contributed by atoms with E-state index in [4.69, 9.17) is 4.74 Å². The van der Waals surface area contributed by atoms with Crippen molar-refractivity contribution in [2.24, 2.45) is 0 Å². The molecule has 0 aliphatic rings. The summed E-state index contributed by atoms with van der Waals surface area (Å²) >= 11 is 3.33. The molecular formula is C10H12BrF2NO. The summed E-state index contributed by atoms with van der Waals surface area (Å²) in [6.45, 7) is 0.292. The largest absolute Gasteiger partial charge is 0.383 e. The molecule has 1 aromatic rings. The Labute approximate surface area is 95.8 Å². The van der Waals surface area contributed by atoms with Crippen LogP contribution in [0.3, 0.4) is 0 Å². The standard InChI is InChI=1S/C10H12BrF2NO/c11-8-2-1-3-9(6-8)14-4-5-15-7-10(12)13/h1-3,6,10,14H,4-5,7H2. The van der Waals surface area contributed by atoms with Gasteiger partial charge in [-0.2, -0.15) is 0 Å². The molecular weight excluding hydrogens is 268 g/mol. The molecule has 0 saturated heterocycles. The average molecular weight is 280 g/mol. The van der Waals surface area contributed by atoms with E-state index in [1.54, 1.807) is 0 Å². The molecule has 0 fully saturated rings. The van der Waals surface area contributed by atoms with Crippen LogP contribution < -0.4 is 5.32 Å². The fraction of sp³-hybridized carbons (Fsp3) is 0.400. The molecule has 84 valence electrons. The molecule has 0 heterocycles. The molecule has 5 heteroatoms. The zero-order chi connectivity index (χ0) is 11.1. The van der Waals surface area contributed by atoms with Gasteiger partial charge in [0.15, 0.2) is 0 Å². The minimum absolute atomic E-state index is 0.275. The van der Waals surface area contributed by atoms with Crippen LogP contribution in [0.2, 0.25) is 0 Å². The van der Waals surface area contributed by atoms with Crippen LogP contribution >= 0.6 is 15.9 Å². The van der Waals surface area contributed by atoms with E-state index in [1.807, 2.05) is 24.3 Å². The lowest BCUT2D eigenvalue weighted by atomic mass is 10.3. The number of nitrogens with one attached hydrogen (secondary N) is 1. The summed E-state index contributed by atoms with van der Waals surface area (Å²) < 4.78 is 29.1. The van der Waals surface area contributed by atoms with E-state index < -0.39 is 13.0 Å². The zero-order valence-electron chi connectivity index (χ0n) is 8.05. The second kappa shape index (κ2) is 6.74. The summed E-state index contributed by atoms with van der Waals surface area (Å²) in [5.41, 5.74) is 0.935. The minimum Gasteiger partial charge on any atom is -0.383 e. The Bertz CT molecular complexity index is 297. The van der Waals surface area contributed by atoms with Crippen molar-refractivity contribution in [1.29, 1.82) is 0 Å². The molecule has 0 saturated carbocycles. The van der Waals surface area contributed by atoms with Gasteiger partial charge < -0.3 is 10.1 Å². The predicted molar refractivity (Wildman–Crippen MR) is 59.5 cm³/mol. The quantitative estimate of drug-likeness (QED) is 0.808. The molecule has 1 N–H and O–H groups in total. The van der Waals surface area contributed by atoms with E-state index in [9.17, 15) is 8.78 Å². The Balaban J connectivity index is 2.15. The summed E-state index contributed by atoms with van der Waals surface area (Å²) in [6.07, 6.45) is -2.39. The molecule has 0 spiro atoms. The Morgan fingerprint density at radius 2 is 2.20 bits per heavy atom. The van der Waals surface area contributed by atoms with Crippen molar-refractivity contribution in [3.05, 3.63) is 28.7 Å². The van der Waals surface area contributed by atoms with Crippen LogP contribution in [0, 0.1) is 0 Å². The Morgan fingerprint density at radius 3 is 2.87 bits per heavy atom. The van der Waals surface area contributed by atoms with Crippen molar-refractivity contribution in [3.8, 4) is 0 Å². The highest BCUT2D eigenvalue weighted by Crippen LogP contribution is 2.15. The van der Waals surface area contributed by atoms with E-state index in [2.05, 4.69) is 21.2 Å². The molecule has 15 heavy (non-hydrogen) atoms. The van der Waals surface area contributed by atoms with Gasteiger partial charge in [0.05, 0.1) is 6.61 Å². The van der Waals surface area contributed by atoms with Crippen LogP contribution in [-0.2, 0) is 4.74 Å². The summed E-state index contributed by atoms with van der Waals surface area (Å²) in [7, 11) is 0. The highest BCUT2D eigenvalue weighted by molar-refractivity contribution is 9.10. The number of ether oxygens (including phenoxy) is 1. The lowest BCUT2D eigenvalue weighted by molar-refractivity contribution is 0.0215. The third-order valence-corrected chi connectivity index (χ3v) is 2.14. The van der Waals surface area contributed by atoms with Crippen molar-refractivity contribution < 1.29 is 13.5 Å². The Hall–Kier alpha value is -0.680. The second-order valence-electron chi connectivity index (χ2n) is 2.90. The number of rotatable bonds is 6. The maximum absolute atomic E-state index is 11.7. The second-order valence-corrected chi connectivity index (χ2v) is 3.82. The maximum atomic E-state index is 11.7. The molecule has 0 radical (unpaired) electrons. The fourth-order valence-corrected chi connectivity index (χ4v) is 1.44. The predicted octanol–water partition coefficient (Wildman–Crippen LogP) is 3.14. The van der Waals surface area contributed by atoms with E-state index in [1.165, 1.54) is 0 Å². The number of hydrogen-bond donors (Lipinski definition) is 1. The fourth-order valence-electron chi connectivity index (χ4n) is 1.04. The monoisotopic (exact) mass is 279 g/mol. The van der Waals surface area contributed by atoms with Crippen LogP contribution in [0.4, 0.5) is 14.5 Å². The van der Waals surface area contributed by atoms with Crippen LogP contribution in [0.1, 0.15) is 0 Å². The van der Waals surface area contributed by atoms with Gasteiger partial charge in [-0.25, -0.2) is 8.78 Å². The summed E-state index contributed by atoms with van der Waals surface area (Å²) in [5, 5.41) is 3.06. The van der Waals surface area contributed by atoms with Gasteiger partial charge in [0.25, 0.3) is 6.43 Å². The third kappa shape index (κ3) is 5.69. The number of anilines is 1. The molecule has 1 rings (SSSR count). The molecule has 0 atom stereocenters. The first-order valence-corrected chi connectivity index (χ1v) is 5.33. The van der Waals surface area contributed by atoms with Crippen LogP contribution in [0.5, 0.6) is 0 Å². The van der Waals surface area contributed by atoms with Crippen molar-refractivity contribution in [2.75, 3.05) is 25.1 Å². The maximum Gasteiger partial charge on any atom is 0.261 e. The molecule has 0 bridgehead atoms. The van der Waals surface area contributed by atoms with Crippen LogP contribution in [0.25, 0.3) is 0 Å². The Morgan fingerprint density at radius 1 is 1.40 bits per heavy atom. The average Bonchev–Trinajstić information content (AvgIpc) is 2.17. The van der Waals surface area contributed by atoms with Crippen molar-refractivity contribution in [2.45, 2.75) is 6.43 Å². The molecule has 0 aliphatic carbocycles. The molecule has 0 amide bonds. The molecule has 0 aromatic heterocycles.